The summed E-state index contributed by atoms with van der Waals surface area (Å²) in [4.78, 5) is 2.41. The zero-order chi connectivity index (χ0) is 10.7. The number of rotatable bonds is 4. The maximum absolute atomic E-state index is 5.51. The van der Waals surface area contributed by atoms with E-state index in [1.165, 1.54) is 44.9 Å². The van der Waals surface area contributed by atoms with Crippen molar-refractivity contribution in [3.63, 3.8) is 0 Å². The predicted molar refractivity (Wildman–Crippen MR) is 68.0 cm³/mol. The summed E-state index contributed by atoms with van der Waals surface area (Å²) in [5.41, 5.74) is 0. The summed E-state index contributed by atoms with van der Waals surface area (Å²) in [7, 11) is 0. The second kappa shape index (κ2) is 5.15. The minimum Gasteiger partial charge on any atom is -0.360 e. The second-order valence-electron chi connectivity index (χ2n) is 4.86. The van der Waals surface area contributed by atoms with E-state index in [0.29, 0.717) is 6.04 Å². The summed E-state index contributed by atoms with van der Waals surface area (Å²) >= 11 is 5.51. The van der Waals surface area contributed by atoms with Crippen LogP contribution in [0.3, 0.4) is 0 Å². The Morgan fingerprint density at radius 1 is 1.27 bits per heavy atom. The molecule has 0 aromatic rings. The summed E-state index contributed by atoms with van der Waals surface area (Å²) in [5, 5.41) is 4.56. The molecule has 0 aromatic carbocycles. The van der Waals surface area contributed by atoms with Crippen LogP contribution in [0.5, 0.6) is 0 Å². The van der Waals surface area contributed by atoms with Crippen molar-refractivity contribution in [3.8, 4) is 0 Å². The van der Waals surface area contributed by atoms with E-state index in [2.05, 4.69) is 17.1 Å². The van der Waals surface area contributed by atoms with E-state index < -0.39 is 0 Å². The number of hydrogen-bond acceptors (Lipinski definition) is 1. The first-order chi connectivity index (χ1) is 7.31. The van der Waals surface area contributed by atoms with Gasteiger partial charge in [-0.15, -0.1) is 0 Å². The van der Waals surface area contributed by atoms with E-state index in [9.17, 15) is 0 Å². The number of hydrogen-bond donors (Lipinski definition) is 1. The molecule has 86 valence electrons. The van der Waals surface area contributed by atoms with Crippen LogP contribution >= 0.6 is 12.2 Å². The van der Waals surface area contributed by atoms with Gasteiger partial charge in [0, 0.05) is 18.6 Å². The number of thiocarbonyl (C=S) groups is 1. The maximum atomic E-state index is 5.51. The SMILES string of the molecule is CCCN(C(=S)NC1CCCC1)C1CC1. The van der Waals surface area contributed by atoms with Gasteiger partial charge in [-0.1, -0.05) is 19.8 Å². The van der Waals surface area contributed by atoms with Gasteiger partial charge in [-0.05, 0) is 44.3 Å². The van der Waals surface area contributed by atoms with E-state index >= 15 is 0 Å². The van der Waals surface area contributed by atoms with Crippen LogP contribution in [0.2, 0.25) is 0 Å². The molecule has 2 nitrogen and oxygen atoms in total. The van der Waals surface area contributed by atoms with Crippen molar-refractivity contribution >= 4 is 17.3 Å². The van der Waals surface area contributed by atoms with Gasteiger partial charge in [0.1, 0.15) is 0 Å². The van der Waals surface area contributed by atoms with Gasteiger partial charge in [-0.3, -0.25) is 0 Å². The van der Waals surface area contributed by atoms with Crippen LogP contribution in [-0.2, 0) is 0 Å². The Morgan fingerprint density at radius 2 is 1.93 bits per heavy atom. The van der Waals surface area contributed by atoms with Crippen LogP contribution in [0.4, 0.5) is 0 Å². The summed E-state index contributed by atoms with van der Waals surface area (Å²) in [6.07, 6.45) is 9.24. The van der Waals surface area contributed by atoms with Crippen molar-refractivity contribution in [1.82, 2.24) is 10.2 Å². The van der Waals surface area contributed by atoms with E-state index in [-0.39, 0.29) is 0 Å². The van der Waals surface area contributed by atoms with Crippen LogP contribution in [0.15, 0.2) is 0 Å². The lowest BCUT2D eigenvalue weighted by Gasteiger charge is -2.27. The van der Waals surface area contributed by atoms with Crippen LogP contribution in [0.25, 0.3) is 0 Å². The highest BCUT2D eigenvalue weighted by Gasteiger charge is 2.30. The molecule has 0 heterocycles. The van der Waals surface area contributed by atoms with Crippen molar-refractivity contribution < 1.29 is 0 Å². The van der Waals surface area contributed by atoms with Gasteiger partial charge in [0.05, 0.1) is 0 Å². The third-order valence-electron chi connectivity index (χ3n) is 3.40. The van der Waals surface area contributed by atoms with E-state index in [4.69, 9.17) is 12.2 Å². The fraction of sp³-hybridized carbons (Fsp3) is 0.917. The van der Waals surface area contributed by atoms with Gasteiger partial charge in [0.25, 0.3) is 0 Å². The third-order valence-corrected chi connectivity index (χ3v) is 3.75. The zero-order valence-electron chi connectivity index (χ0n) is 9.67. The first kappa shape index (κ1) is 11.2. The Hall–Kier alpha value is -0.310. The van der Waals surface area contributed by atoms with E-state index in [1.807, 2.05) is 0 Å². The molecule has 0 aliphatic heterocycles. The highest BCUT2D eigenvalue weighted by atomic mass is 32.1. The summed E-state index contributed by atoms with van der Waals surface area (Å²) in [6.45, 7) is 3.36. The quantitative estimate of drug-likeness (QED) is 0.742. The van der Waals surface area contributed by atoms with Crippen molar-refractivity contribution in [2.24, 2.45) is 0 Å². The predicted octanol–water partition coefficient (Wildman–Crippen LogP) is 2.68. The molecule has 0 spiro atoms. The van der Waals surface area contributed by atoms with Crippen molar-refractivity contribution in [2.75, 3.05) is 6.54 Å². The molecule has 15 heavy (non-hydrogen) atoms. The Bertz CT molecular complexity index is 220. The average molecular weight is 226 g/mol. The van der Waals surface area contributed by atoms with Gasteiger partial charge >= 0.3 is 0 Å². The largest absolute Gasteiger partial charge is 0.360 e. The zero-order valence-corrected chi connectivity index (χ0v) is 10.5. The lowest BCUT2D eigenvalue weighted by molar-refractivity contribution is 0.393. The van der Waals surface area contributed by atoms with Crippen LogP contribution in [0, 0.1) is 0 Å². The highest BCUT2D eigenvalue weighted by molar-refractivity contribution is 7.80. The molecule has 0 atom stereocenters. The summed E-state index contributed by atoms with van der Waals surface area (Å²) in [6, 6.07) is 1.42. The normalized spacial score (nSPS) is 21.7. The third kappa shape index (κ3) is 3.07. The fourth-order valence-electron chi connectivity index (χ4n) is 2.40. The molecule has 0 radical (unpaired) electrons. The first-order valence-corrected chi connectivity index (χ1v) is 6.79. The molecule has 2 saturated carbocycles. The van der Waals surface area contributed by atoms with Crippen LogP contribution in [0.1, 0.15) is 51.9 Å². The first-order valence-electron chi connectivity index (χ1n) is 6.38. The number of nitrogens with zero attached hydrogens (tertiary/aromatic N) is 1. The molecule has 0 aromatic heterocycles. The smallest absolute Gasteiger partial charge is 0.169 e. The van der Waals surface area contributed by atoms with Crippen molar-refractivity contribution in [3.05, 3.63) is 0 Å². The Kier molecular flexibility index (Phi) is 3.84. The second-order valence-corrected chi connectivity index (χ2v) is 5.24. The standard InChI is InChI=1S/C12H22N2S/c1-2-9-14(11-7-8-11)12(15)13-10-5-3-4-6-10/h10-11H,2-9H2,1H3,(H,13,15). The molecule has 3 heteroatoms. The van der Waals surface area contributed by atoms with Crippen LogP contribution in [-0.4, -0.2) is 28.6 Å². The Labute approximate surface area is 98.4 Å². The Balaban J connectivity index is 1.80. The minimum absolute atomic E-state index is 0.663. The van der Waals surface area contributed by atoms with Gasteiger partial charge in [-0.25, -0.2) is 0 Å². The van der Waals surface area contributed by atoms with Crippen molar-refractivity contribution in [2.45, 2.75) is 64.0 Å². The number of nitrogens with one attached hydrogen (secondary N) is 1. The minimum atomic E-state index is 0.663. The summed E-state index contributed by atoms with van der Waals surface area (Å²) < 4.78 is 0. The molecule has 0 bridgehead atoms. The van der Waals surface area contributed by atoms with Crippen LogP contribution < -0.4 is 5.32 Å². The van der Waals surface area contributed by atoms with E-state index in [1.54, 1.807) is 0 Å². The molecule has 0 saturated heterocycles. The molecule has 2 aliphatic carbocycles. The maximum Gasteiger partial charge on any atom is 0.169 e. The average Bonchev–Trinajstić information content (AvgIpc) is 2.93. The molecule has 2 rings (SSSR count). The Morgan fingerprint density at radius 3 is 2.47 bits per heavy atom. The molecule has 0 amide bonds. The van der Waals surface area contributed by atoms with Gasteiger partial charge in [0.15, 0.2) is 5.11 Å². The molecular formula is C12H22N2S. The molecule has 2 fully saturated rings. The van der Waals surface area contributed by atoms with Gasteiger partial charge in [-0.2, -0.15) is 0 Å². The van der Waals surface area contributed by atoms with Gasteiger partial charge in [0.2, 0.25) is 0 Å². The molecule has 2 aliphatic rings. The van der Waals surface area contributed by atoms with E-state index in [0.717, 1.165) is 17.7 Å². The molecular weight excluding hydrogens is 204 g/mol. The highest BCUT2D eigenvalue weighted by Crippen LogP contribution is 2.27. The fourth-order valence-corrected chi connectivity index (χ4v) is 2.81. The lowest BCUT2D eigenvalue weighted by Crippen LogP contribution is -2.45. The van der Waals surface area contributed by atoms with Gasteiger partial charge < -0.3 is 10.2 Å². The monoisotopic (exact) mass is 226 g/mol. The molecule has 0 unspecified atom stereocenters. The van der Waals surface area contributed by atoms with Crippen molar-refractivity contribution in [1.29, 1.82) is 0 Å². The summed E-state index contributed by atoms with van der Waals surface area (Å²) in [5.74, 6) is 0. The topological polar surface area (TPSA) is 15.3 Å². The molecule has 1 N–H and O–H groups in total. The lowest BCUT2D eigenvalue weighted by atomic mass is 10.2.